The lowest BCUT2D eigenvalue weighted by molar-refractivity contribution is -0.136. The minimum atomic E-state index is -0.693. The van der Waals surface area contributed by atoms with Gasteiger partial charge < -0.3 is 15.4 Å². The van der Waals surface area contributed by atoms with Crippen molar-refractivity contribution in [3.63, 3.8) is 0 Å². The normalized spacial score (nSPS) is 14.4. The summed E-state index contributed by atoms with van der Waals surface area (Å²) < 4.78 is 5.15. The number of methoxy groups -OCH3 is 1. The van der Waals surface area contributed by atoms with E-state index in [2.05, 4.69) is 51.2 Å². The summed E-state index contributed by atoms with van der Waals surface area (Å²) in [6, 6.07) is 17.5. The van der Waals surface area contributed by atoms with Crippen LogP contribution in [-0.4, -0.2) is 36.9 Å². The topological polar surface area (TPSA) is 70.7 Å². The van der Waals surface area contributed by atoms with Gasteiger partial charge in [0.25, 0.3) is 0 Å². The average Bonchev–Trinajstić information content (AvgIpc) is 3.33. The van der Waals surface area contributed by atoms with Gasteiger partial charge in [-0.3, -0.25) is 14.5 Å². The SMILES string of the molecule is COc1cccc(NC(=O)C(=O)NCC(c2ccsc2)N2CCc3ccccc3C2)c1. The van der Waals surface area contributed by atoms with Crippen molar-refractivity contribution in [3.05, 3.63) is 82.0 Å². The summed E-state index contributed by atoms with van der Waals surface area (Å²) in [4.78, 5) is 27.2. The number of anilines is 1. The molecule has 6 nitrogen and oxygen atoms in total. The third-order valence-electron chi connectivity index (χ3n) is 5.52. The molecule has 7 heteroatoms. The molecule has 0 saturated carbocycles. The molecule has 0 saturated heterocycles. The lowest BCUT2D eigenvalue weighted by Gasteiger charge is -2.35. The molecule has 1 aliphatic rings. The summed E-state index contributed by atoms with van der Waals surface area (Å²) in [5, 5.41) is 9.59. The maximum absolute atomic E-state index is 12.5. The quantitative estimate of drug-likeness (QED) is 0.581. The highest BCUT2D eigenvalue weighted by Crippen LogP contribution is 2.28. The molecule has 0 radical (unpaired) electrons. The van der Waals surface area contributed by atoms with Gasteiger partial charge in [-0.2, -0.15) is 11.3 Å². The Bertz CT molecular complexity index is 1050. The standard InChI is InChI=1S/C24H25N3O3S/c1-30-21-8-4-7-20(13-21)26-24(29)23(28)25-14-22(19-10-12-31-16-19)27-11-9-17-5-2-3-6-18(17)15-27/h2-8,10,12-13,16,22H,9,11,14-15H2,1H3,(H,25,28)(H,26,29). The number of hydrogen-bond donors (Lipinski definition) is 2. The van der Waals surface area contributed by atoms with E-state index >= 15 is 0 Å². The Morgan fingerprint density at radius 2 is 1.94 bits per heavy atom. The smallest absolute Gasteiger partial charge is 0.313 e. The fourth-order valence-corrected chi connectivity index (χ4v) is 4.57. The van der Waals surface area contributed by atoms with Crippen LogP contribution in [0, 0.1) is 0 Å². The molecule has 3 aromatic rings. The monoisotopic (exact) mass is 435 g/mol. The molecule has 2 heterocycles. The van der Waals surface area contributed by atoms with Crippen LogP contribution in [0.5, 0.6) is 5.75 Å². The first-order valence-electron chi connectivity index (χ1n) is 10.2. The summed E-state index contributed by atoms with van der Waals surface area (Å²) in [5.41, 5.74) is 4.36. The number of fused-ring (bicyclic) bond motifs is 1. The Hall–Kier alpha value is -3.16. The van der Waals surface area contributed by atoms with Gasteiger partial charge in [0.1, 0.15) is 5.75 Å². The van der Waals surface area contributed by atoms with Crippen molar-refractivity contribution < 1.29 is 14.3 Å². The Labute approximate surface area is 185 Å². The Morgan fingerprint density at radius 1 is 1.10 bits per heavy atom. The van der Waals surface area contributed by atoms with Crippen molar-refractivity contribution in [2.24, 2.45) is 0 Å². The molecular weight excluding hydrogens is 410 g/mol. The van der Waals surface area contributed by atoms with Crippen molar-refractivity contribution in [2.75, 3.05) is 25.5 Å². The van der Waals surface area contributed by atoms with Crippen LogP contribution in [0.1, 0.15) is 22.7 Å². The van der Waals surface area contributed by atoms with Gasteiger partial charge in [-0.05, 0) is 52.1 Å². The number of ether oxygens (including phenoxy) is 1. The second-order valence-corrected chi connectivity index (χ2v) is 8.24. The molecule has 4 rings (SSSR count). The Morgan fingerprint density at radius 3 is 2.71 bits per heavy atom. The van der Waals surface area contributed by atoms with Crippen LogP contribution in [0.25, 0.3) is 0 Å². The molecule has 2 N–H and O–H groups in total. The number of nitrogens with zero attached hydrogens (tertiary/aromatic N) is 1. The number of carbonyl (C=O) groups is 2. The summed E-state index contributed by atoms with van der Waals surface area (Å²) in [6.45, 7) is 2.09. The van der Waals surface area contributed by atoms with E-state index in [0.717, 1.165) is 25.1 Å². The average molecular weight is 436 g/mol. The lowest BCUT2D eigenvalue weighted by Crippen LogP contribution is -2.43. The van der Waals surface area contributed by atoms with Crippen LogP contribution < -0.4 is 15.4 Å². The van der Waals surface area contributed by atoms with Crippen LogP contribution >= 0.6 is 11.3 Å². The molecule has 2 amide bonds. The predicted octanol–water partition coefficient (Wildman–Crippen LogP) is 3.61. The van der Waals surface area contributed by atoms with Gasteiger partial charge in [0.05, 0.1) is 13.2 Å². The fourth-order valence-electron chi connectivity index (χ4n) is 3.86. The molecule has 1 aromatic heterocycles. The molecular formula is C24H25N3O3S. The molecule has 2 aromatic carbocycles. The molecule has 0 aliphatic carbocycles. The van der Waals surface area contributed by atoms with E-state index in [1.165, 1.54) is 11.1 Å². The van der Waals surface area contributed by atoms with E-state index in [9.17, 15) is 9.59 Å². The van der Waals surface area contributed by atoms with Gasteiger partial charge in [0.2, 0.25) is 0 Å². The third-order valence-corrected chi connectivity index (χ3v) is 6.22. The van der Waals surface area contributed by atoms with Crippen molar-refractivity contribution in [1.82, 2.24) is 10.2 Å². The zero-order valence-electron chi connectivity index (χ0n) is 17.3. The molecule has 1 unspecified atom stereocenters. The van der Waals surface area contributed by atoms with Crippen LogP contribution in [0.4, 0.5) is 5.69 Å². The van der Waals surface area contributed by atoms with Gasteiger partial charge in [-0.1, -0.05) is 30.3 Å². The minimum absolute atomic E-state index is 0.00757. The lowest BCUT2D eigenvalue weighted by atomic mass is 9.97. The van der Waals surface area contributed by atoms with E-state index in [-0.39, 0.29) is 6.04 Å². The molecule has 1 atom stereocenters. The first-order valence-corrected chi connectivity index (χ1v) is 11.1. The first-order chi connectivity index (χ1) is 15.1. The molecule has 31 heavy (non-hydrogen) atoms. The van der Waals surface area contributed by atoms with Gasteiger partial charge in [-0.25, -0.2) is 0 Å². The number of nitrogens with one attached hydrogen (secondary N) is 2. The minimum Gasteiger partial charge on any atom is -0.497 e. The molecule has 0 fully saturated rings. The number of hydrogen-bond acceptors (Lipinski definition) is 5. The van der Waals surface area contributed by atoms with E-state index in [0.29, 0.717) is 18.0 Å². The summed E-state index contributed by atoms with van der Waals surface area (Å²) in [7, 11) is 1.55. The number of carbonyl (C=O) groups excluding carboxylic acids is 2. The third kappa shape index (κ3) is 5.13. The van der Waals surface area contributed by atoms with Gasteiger partial charge in [0.15, 0.2) is 0 Å². The zero-order chi connectivity index (χ0) is 21.6. The summed E-state index contributed by atoms with van der Waals surface area (Å²) in [5.74, 6) is -0.733. The maximum Gasteiger partial charge on any atom is 0.313 e. The van der Waals surface area contributed by atoms with Crippen molar-refractivity contribution in [2.45, 2.75) is 19.0 Å². The number of benzene rings is 2. The van der Waals surface area contributed by atoms with Crippen LogP contribution in [0.15, 0.2) is 65.4 Å². The highest BCUT2D eigenvalue weighted by atomic mass is 32.1. The van der Waals surface area contributed by atoms with Crippen LogP contribution in [-0.2, 0) is 22.6 Å². The second-order valence-electron chi connectivity index (χ2n) is 7.46. The van der Waals surface area contributed by atoms with Crippen molar-refractivity contribution in [1.29, 1.82) is 0 Å². The van der Waals surface area contributed by atoms with Gasteiger partial charge in [0, 0.05) is 31.4 Å². The number of amides is 2. The molecule has 160 valence electrons. The van der Waals surface area contributed by atoms with E-state index in [1.54, 1.807) is 42.7 Å². The van der Waals surface area contributed by atoms with Crippen molar-refractivity contribution in [3.8, 4) is 5.75 Å². The van der Waals surface area contributed by atoms with Crippen LogP contribution in [0.2, 0.25) is 0 Å². The van der Waals surface area contributed by atoms with E-state index < -0.39 is 11.8 Å². The summed E-state index contributed by atoms with van der Waals surface area (Å²) >= 11 is 1.63. The zero-order valence-corrected chi connectivity index (χ0v) is 18.2. The second kappa shape index (κ2) is 9.76. The Balaban J connectivity index is 1.41. The van der Waals surface area contributed by atoms with Crippen molar-refractivity contribution >= 4 is 28.8 Å². The summed E-state index contributed by atoms with van der Waals surface area (Å²) in [6.07, 6.45) is 0.973. The fraction of sp³-hybridized carbons (Fsp3) is 0.250. The predicted molar refractivity (Wildman–Crippen MR) is 122 cm³/mol. The van der Waals surface area contributed by atoms with E-state index in [1.807, 2.05) is 5.38 Å². The molecule has 0 spiro atoms. The van der Waals surface area contributed by atoms with Gasteiger partial charge >= 0.3 is 11.8 Å². The van der Waals surface area contributed by atoms with Crippen LogP contribution in [0.3, 0.4) is 0 Å². The highest BCUT2D eigenvalue weighted by molar-refractivity contribution is 7.08. The highest BCUT2D eigenvalue weighted by Gasteiger charge is 2.26. The van der Waals surface area contributed by atoms with E-state index in [4.69, 9.17) is 4.74 Å². The van der Waals surface area contributed by atoms with Gasteiger partial charge in [-0.15, -0.1) is 0 Å². The first kappa shape index (κ1) is 21.1. The molecule has 1 aliphatic heterocycles. The molecule has 0 bridgehead atoms. The maximum atomic E-state index is 12.5. The number of thiophene rings is 1. The number of rotatable bonds is 6. The Kier molecular flexibility index (Phi) is 6.64. The largest absolute Gasteiger partial charge is 0.497 e.